The Bertz CT molecular complexity index is 591. The van der Waals surface area contributed by atoms with Crippen LogP contribution in [0.3, 0.4) is 0 Å². The normalized spacial score (nSPS) is 24.8. The summed E-state index contributed by atoms with van der Waals surface area (Å²) in [6, 6.07) is 4.62. The smallest absolute Gasteiger partial charge is 0.244 e. The first-order valence-corrected chi connectivity index (χ1v) is 8.14. The second-order valence-corrected chi connectivity index (χ2v) is 7.85. The molecule has 7 heteroatoms. The molecule has 0 bridgehead atoms. The average Bonchev–Trinajstić information content (AvgIpc) is 2.77. The summed E-state index contributed by atoms with van der Waals surface area (Å²) in [5.41, 5.74) is 5.53. The number of nitrogens with two attached hydrogens (primary N) is 1. The summed E-state index contributed by atoms with van der Waals surface area (Å²) < 4.78 is 26.5. The molecule has 2 N–H and O–H groups in total. The summed E-state index contributed by atoms with van der Waals surface area (Å²) in [5.74, 6) is 0. The lowest BCUT2D eigenvalue weighted by Gasteiger charge is -2.22. The Morgan fingerprint density at radius 2 is 2.11 bits per heavy atom. The van der Waals surface area contributed by atoms with Crippen molar-refractivity contribution in [1.82, 2.24) is 4.31 Å². The third-order valence-corrected chi connectivity index (χ3v) is 6.37. The van der Waals surface area contributed by atoms with Crippen molar-refractivity contribution < 1.29 is 8.42 Å². The Kier molecular flexibility index (Phi) is 4.14. The summed E-state index contributed by atoms with van der Waals surface area (Å²) in [6.07, 6.45) is 0.751. The van der Waals surface area contributed by atoms with E-state index in [-0.39, 0.29) is 20.4 Å². The number of nitrogens with zero attached hydrogens (tertiary/aromatic N) is 1. The van der Waals surface area contributed by atoms with Crippen LogP contribution in [-0.2, 0) is 10.0 Å². The van der Waals surface area contributed by atoms with Crippen LogP contribution in [0.4, 0.5) is 0 Å². The van der Waals surface area contributed by atoms with E-state index in [0.29, 0.717) is 19.6 Å². The van der Waals surface area contributed by atoms with Gasteiger partial charge >= 0.3 is 0 Å². The van der Waals surface area contributed by atoms with Crippen LogP contribution in [0.2, 0.25) is 10.0 Å². The van der Waals surface area contributed by atoms with Crippen LogP contribution >= 0.6 is 23.2 Å². The fourth-order valence-electron chi connectivity index (χ4n) is 2.17. The van der Waals surface area contributed by atoms with E-state index >= 15 is 0 Å². The zero-order chi connectivity index (χ0) is 14.3. The molecule has 0 aliphatic carbocycles. The summed E-state index contributed by atoms with van der Waals surface area (Å²) >= 11 is 11.9. The van der Waals surface area contributed by atoms with Gasteiger partial charge in [0.15, 0.2) is 0 Å². The van der Waals surface area contributed by atoms with E-state index in [9.17, 15) is 8.42 Å². The molecule has 1 aliphatic heterocycles. The molecule has 1 aromatic carbocycles. The molecule has 1 heterocycles. The zero-order valence-electron chi connectivity index (χ0n) is 10.6. The minimum atomic E-state index is -3.61. The minimum Gasteiger partial charge on any atom is -0.330 e. The maximum Gasteiger partial charge on any atom is 0.244 e. The maximum absolute atomic E-state index is 12.6. The second-order valence-electron chi connectivity index (χ2n) is 5.16. The molecule has 1 unspecified atom stereocenters. The van der Waals surface area contributed by atoms with Gasteiger partial charge in [0.1, 0.15) is 4.90 Å². The number of benzene rings is 1. The van der Waals surface area contributed by atoms with Gasteiger partial charge in [-0.25, -0.2) is 8.42 Å². The van der Waals surface area contributed by atoms with Crippen LogP contribution in [0, 0.1) is 5.41 Å². The van der Waals surface area contributed by atoms with E-state index < -0.39 is 10.0 Å². The maximum atomic E-state index is 12.6. The molecule has 1 saturated heterocycles. The number of halogens is 2. The standard InChI is InChI=1S/C12H16Cl2N2O2S/c1-12(7-15)5-6-16(8-12)19(17,18)10-4-2-3-9(13)11(10)14/h2-4H,5-8,15H2,1H3. The van der Waals surface area contributed by atoms with Crippen molar-refractivity contribution in [1.29, 1.82) is 0 Å². The molecule has 1 atom stereocenters. The molecule has 1 aromatic rings. The van der Waals surface area contributed by atoms with Gasteiger partial charge in [-0.3, -0.25) is 0 Å². The Hall–Kier alpha value is -0.330. The quantitative estimate of drug-likeness (QED) is 0.929. The summed E-state index contributed by atoms with van der Waals surface area (Å²) in [7, 11) is -3.61. The van der Waals surface area contributed by atoms with Crippen LogP contribution < -0.4 is 5.73 Å². The van der Waals surface area contributed by atoms with Crippen LogP contribution in [0.15, 0.2) is 23.1 Å². The molecule has 0 spiro atoms. The van der Waals surface area contributed by atoms with Gasteiger partial charge in [0.2, 0.25) is 10.0 Å². The van der Waals surface area contributed by atoms with Crippen LogP contribution in [0.1, 0.15) is 13.3 Å². The Labute approximate surface area is 123 Å². The zero-order valence-corrected chi connectivity index (χ0v) is 12.9. The molecule has 106 valence electrons. The van der Waals surface area contributed by atoms with E-state index in [4.69, 9.17) is 28.9 Å². The van der Waals surface area contributed by atoms with Crippen molar-refractivity contribution in [3.8, 4) is 0 Å². The van der Waals surface area contributed by atoms with Gasteiger partial charge in [0.05, 0.1) is 10.0 Å². The van der Waals surface area contributed by atoms with Crippen molar-refractivity contribution in [3.05, 3.63) is 28.2 Å². The van der Waals surface area contributed by atoms with Crippen molar-refractivity contribution in [3.63, 3.8) is 0 Å². The van der Waals surface area contributed by atoms with Gasteiger partial charge in [-0.1, -0.05) is 36.2 Å². The lowest BCUT2D eigenvalue weighted by Crippen LogP contribution is -2.34. The molecule has 19 heavy (non-hydrogen) atoms. The number of hydrogen-bond donors (Lipinski definition) is 1. The Morgan fingerprint density at radius 3 is 2.68 bits per heavy atom. The van der Waals surface area contributed by atoms with Crippen LogP contribution in [-0.4, -0.2) is 32.4 Å². The predicted octanol–water partition coefficient (Wildman–Crippen LogP) is 2.35. The van der Waals surface area contributed by atoms with Gasteiger partial charge in [-0.2, -0.15) is 4.31 Å². The van der Waals surface area contributed by atoms with Gasteiger partial charge in [-0.05, 0) is 30.5 Å². The topological polar surface area (TPSA) is 63.4 Å². The number of rotatable bonds is 3. The highest BCUT2D eigenvalue weighted by molar-refractivity contribution is 7.89. The fraction of sp³-hybridized carbons (Fsp3) is 0.500. The first-order valence-electron chi connectivity index (χ1n) is 5.94. The van der Waals surface area contributed by atoms with E-state index in [1.807, 2.05) is 6.92 Å². The van der Waals surface area contributed by atoms with Gasteiger partial charge in [0, 0.05) is 13.1 Å². The van der Waals surface area contributed by atoms with E-state index in [2.05, 4.69) is 0 Å². The summed E-state index contributed by atoms with van der Waals surface area (Å²) in [5, 5.41) is 0.314. The van der Waals surface area contributed by atoms with Crippen LogP contribution in [0.5, 0.6) is 0 Å². The molecule has 0 aromatic heterocycles. The van der Waals surface area contributed by atoms with Gasteiger partial charge in [-0.15, -0.1) is 0 Å². The summed E-state index contributed by atoms with van der Waals surface area (Å²) in [6.45, 7) is 3.32. The monoisotopic (exact) mass is 322 g/mol. The van der Waals surface area contributed by atoms with Gasteiger partial charge in [0.25, 0.3) is 0 Å². The highest BCUT2D eigenvalue weighted by Gasteiger charge is 2.39. The van der Waals surface area contributed by atoms with Crippen molar-refractivity contribution in [2.45, 2.75) is 18.2 Å². The summed E-state index contributed by atoms with van der Waals surface area (Å²) in [4.78, 5) is 0.0583. The third kappa shape index (κ3) is 2.76. The van der Waals surface area contributed by atoms with E-state index in [1.165, 1.54) is 10.4 Å². The molecular formula is C12H16Cl2N2O2S. The average molecular weight is 323 g/mol. The lowest BCUT2D eigenvalue weighted by atomic mass is 9.90. The Balaban J connectivity index is 2.37. The highest BCUT2D eigenvalue weighted by atomic mass is 35.5. The highest BCUT2D eigenvalue weighted by Crippen LogP contribution is 2.36. The first-order chi connectivity index (χ1) is 8.80. The fourth-order valence-corrected chi connectivity index (χ4v) is 4.50. The number of hydrogen-bond acceptors (Lipinski definition) is 3. The first kappa shape index (κ1) is 15.1. The largest absolute Gasteiger partial charge is 0.330 e. The van der Waals surface area contributed by atoms with Gasteiger partial charge < -0.3 is 5.73 Å². The molecule has 2 rings (SSSR count). The molecule has 0 radical (unpaired) electrons. The Morgan fingerprint density at radius 1 is 1.42 bits per heavy atom. The van der Waals surface area contributed by atoms with Crippen molar-refractivity contribution in [2.75, 3.05) is 19.6 Å². The molecule has 4 nitrogen and oxygen atoms in total. The second kappa shape index (κ2) is 5.22. The lowest BCUT2D eigenvalue weighted by molar-refractivity contribution is 0.349. The molecule has 0 saturated carbocycles. The predicted molar refractivity (Wildman–Crippen MR) is 77.0 cm³/mol. The minimum absolute atomic E-state index is 0.0583. The third-order valence-electron chi connectivity index (χ3n) is 3.55. The van der Waals surface area contributed by atoms with Crippen molar-refractivity contribution in [2.24, 2.45) is 11.1 Å². The molecule has 1 aliphatic rings. The molecule has 0 amide bonds. The molecular weight excluding hydrogens is 307 g/mol. The van der Waals surface area contributed by atoms with E-state index in [0.717, 1.165) is 6.42 Å². The van der Waals surface area contributed by atoms with Crippen molar-refractivity contribution >= 4 is 33.2 Å². The molecule has 1 fully saturated rings. The number of sulfonamides is 1. The van der Waals surface area contributed by atoms with E-state index in [1.54, 1.807) is 12.1 Å². The SMILES string of the molecule is CC1(CN)CCN(S(=O)(=O)c2cccc(Cl)c2Cl)C1. The van der Waals surface area contributed by atoms with Crippen LogP contribution in [0.25, 0.3) is 0 Å².